The van der Waals surface area contributed by atoms with Crippen molar-refractivity contribution in [3.05, 3.63) is 99.3 Å². The first kappa shape index (κ1) is 18.5. The first-order valence-corrected chi connectivity index (χ1v) is 10.4. The molecule has 1 aliphatic heterocycles. The highest BCUT2D eigenvalue weighted by atomic mass is 16.2. The quantitative estimate of drug-likeness (QED) is 0.471. The fourth-order valence-electron chi connectivity index (χ4n) is 4.47. The van der Waals surface area contributed by atoms with Gasteiger partial charge in [0.25, 0.3) is 11.5 Å². The number of aromatic amines is 1. The minimum Gasteiger partial charge on any atom is -0.330 e. The summed E-state index contributed by atoms with van der Waals surface area (Å²) < 4.78 is 1.76. The van der Waals surface area contributed by atoms with Crippen LogP contribution in [0.5, 0.6) is 0 Å². The molecule has 2 aromatic heterocycles. The molecule has 1 aliphatic rings. The van der Waals surface area contributed by atoms with Gasteiger partial charge in [-0.05, 0) is 35.7 Å². The maximum absolute atomic E-state index is 13.4. The lowest BCUT2D eigenvalue weighted by Gasteiger charge is -2.18. The highest BCUT2D eigenvalue weighted by Gasteiger charge is 2.26. The number of amides is 1. The number of nitrogens with zero attached hydrogens (tertiary/aromatic N) is 4. The van der Waals surface area contributed by atoms with Gasteiger partial charge < -0.3 is 9.88 Å². The van der Waals surface area contributed by atoms with E-state index < -0.39 is 0 Å². The molecule has 5 aromatic rings. The summed E-state index contributed by atoms with van der Waals surface area (Å²) in [6.07, 6.45) is 0. The average Bonchev–Trinajstić information content (AvgIpc) is 3.45. The summed E-state index contributed by atoms with van der Waals surface area (Å²) >= 11 is 0. The molecule has 3 aromatic carbocycles. The summed E-state index contributed by atoms with van der Waals surface area (Å²) in [5.74, 6) is 0.541. The molecule has 1 N–H and O–H groups in total. The maximum atomic E-state index is 13.4. The molecular formula is C25H19N5O2. The molecule has 0 bridgehead atoms. The van der Waals surface area contributed by atoms with Gasteiger partial charge in [-0.15, -0.1) is 10.2 Å². The van der Waals surface area contributed by atoms with E-state index in [0.717, 1.165) is 16.6 Å². The van der Waals surface area contributed by atoms with E-state index in [1.165, 1.54) is 11.1 Å². The van der Waals surface area contributed by atoms with Crippen LogP contribution in [-0.4, -0.2) is 30.4 Å². The Morgan fingerprint density at radius 1 is 0.938 bits per heavy atom. The number of nitrogens with one attached hydrogen (secondary N) is 1. The number of hydrogen-bond acceptors (Lipinski definition) is 4. The van der Waals surface area contributed by atoms with Crippen molar-refractivity contribution in [1.82, 2.24) is 24.5 Å². The van der Waals surface area contributed by atoms with Crippen LogP contribution in [0, 0.1) is 6.92 Å². The van der Waals surface area contributed by atoms with E-state index in [-0.39, 0.29) is 17.1 Å². The number of hydrogen-bond donors (Lipinski definition) is 1. The lowest BCUT2D eigenvalue weighted by molar-refractivity contribution is 0.0751. The number of fused-ring (bicyclic) bond motifs is 4. The minimum atomic E-state index is -0.344. The van der Waals surface area contributed by atoms with E-state index in [0.29, 0.717) is 30.0 Å². The van der Waals surface area contributed by atoms with Crippen LogP contribution in [0.3, 0.4) is 0 Å². The van der Waals surface area contributed by atoms with Crippen LogP contribution in [0.15, 0.2) is 71.5 Å². The van der Waals surface area contributed by atoms with E-state index in [9.17, 15) is 9.59 Å². The van der Waals surface area contributed by atoms with Gasteiger partial charge in [0.05, 0.1) is 11.0 Å². The molecule has 0 fully saturated rings. The van der Waals surface area contributed by atoms with E-state index in [4.69, 9.17) is 0 Å². The molecule has 0 saturated carbocycles. The van der Waals surface area contributed by atoms with Crippen molar-refractivity contribution in [3.8, 4) is 11.4 Å². The van der Waals surface area contributed by atoms with Gasteiger partial charge in [-0.3, -0.25) is 14.0 Å². The average molecular weight is 421 g/mol. The first-order chi connectivity index (χ1) is 15.6. The largest absolute Gasteiger partial charge is 0.330 e. The smallest absolute Gasteiger partial charge is 0.294 e. The normalized spacial score (nSPS) is 13.1. The van der Waals surface area contributed by atoms with Crippen molar-refractivity contribution in [2.45, 2.75) is 20.0 Å². The van der Waals surface area contributed by atoms with E-state index in [1.807, 2.05) is 60.4 Å². The molecular weight excluding hydrogens is 402 g/mol. The van der Waals surface area contributed by atoms with Crippen molar-refractivity contribution in [3.63, 3.8) is 0 Å². The molecule has 0 aliphatic carbocycles. The molecule has 1 amide bonds. The number of aromatic nitrogens is 4. The van der Waals surface area contributed by atoms with Gasteiger partial charge >= 0.3 is 0 Å². The fourth-order valence-corrected chi connectivity index (χ4v) is 4.47. The van der Waals surface area contributed by atoms with Crippen molar-refractivity contribution >= 4 is 22.6 Å². The molecule has 7 heteroatoms. The van der Waals surface area contributed by atoms with Gasteiger partial charge in [0, 0.05) is 24.2 Å². The van der Waals surface area contributed by atoms with Crippen LogP contribution < -0.4 is 5.56 Å². The number of H-pyrrole nitrogens is 1. The highest BCUT2D eigenvalue weighted by Crippen LogP contribution is 2.27. The monoisotopic (exact) mass is 421 g/mol. The maximum Gasteiger partial charge on any atom is 0.294 e. The summed E-state index contributed by atoms with van der Waals surface area (Å²) in [6.45, 7) is 3.09. The van der Waals surface area contributed by atoms with Gasteiger partial charge in [-0.1, -0.05) is 54.6 Å². The Hall–Kier alpha value is -4.26. The molecule has 0 atom stereocenters. The summed E-state index contributed by atoms with van der Waals surface area (Å²) in [5, 5.41) is 8.38. The Labute approximate surface area is 183 Å². The zero-order chi connectivity index (χ0) is 21.8. The third kappa shape index (κ3) is 2.75. The predicted octanol–water partition coefficient (Wildman–Crippen LogP) is 3.70. The standard InChI is InChI=1S/C25H19N5O2/c1-15-11-21-20(12-19(15)25(32)29-13-17-9-5-6-10-18(17)14-29)26-24(31)23-28-27-22(30(21)23)16-7-3-2-4-8-16/h2-12H,13-14H2,1H3,(H,26,31). The third-order valence-corrected chi connectivity index (χ3v) is 6.09. The third-order valence-electron chi connectivity index (χ3n) is 6.09. The minimum absolute atomic E-state index is 0.0476. The van der Waals surface area contributed by atoms with Crippen LogP contribution in [0.25, 0.3) is 28.1 Å². The topological polar surface area (TPSA) is 83.4 Å². The van der Waals surface area contributed by atoms with Crippen molar-refractivity contribution in [2.24, 2.45) is 0 Å². The second-order valence-electron chi connectivity index (χ2n) is 8.12. The van der Waals surface area contributed by atoms with E-state index >= 15 is 0 Å². The molecule has 7 nitrogen and oxygen atoms in total. The van der Waals surface area contributed by atoms with E-state index in [2.05, 4.69) is 27.3 Å². The number of aryl methyl sites for hydroxylation is 1. The number of rotatable bonds is 2. The molecule has 3 heterocycles. The van der Waals surface area contributed by atoms with Gasteiger partial charge in [0.1, 0.15) is 0 Å². The van der Waals surface area contributed by atoms with Gasteiger partial charge in [-0.25, -0.2) is 0 Å². The van der Waals surface area contributed by atoms with Crippen LogP contribution in [0.2, 0.25) is 0 Å². The van der Waals surface area contributed by atoms with Crippen molar-refractivity contribution in [2.75, 3.05) is 0 Å². The Morgan fingerprint density at radius 2 is 1.62 bits per heavy atom. The zero-order valence-electron chi connectivity index (χ0n) is 17.4. The fraction of sp³-hybridized carbons (Fsp3) is 0.120. The summed E-state index contributed by atoms with van der Waals surface area (Å²) in [6, 6.07) is 21.4. The number of benzene rings is 3. The van der Waals surface area contributed by atoms with E-state index in [1.54, 1.807) is 10.5 Å². The van der Waals surface area contributed by atoms with Crippen molar-refractivity contribution in [1.29, 1.82) is 0 Å². The first-order valence-electron chi connectivity index (χ1n) is 10.4. The Kier molecular flexibility index (Phi) is 3.98. The molecule has 6 rings (SSSR count). The Bertz CT molecular complexity index is 1560. The second kappa shape index (κ2) is 6.88. The predicted molar refractivity (Wildman–Crippen MR) is 121 cm³/mol. The molecule has 0 spiro atoms. The second-order valence-corrected chi connectivity index (χ2v) is 8.12. The highest BCUT2D eigenvalue weighted by molar-refractivity contribution is 5.99. The summed E-state index contributed by atoms with van der Waals surface area (Å²) in [7, 11) is 0. The zero-order valence-corrected chi connectivity index (χ0v) is 17.4. The van der Waals surface area contributed by atoms with Crippen molar-refractivity contribution < 1.29 is 4.79 Å². The molecule has 0 saturated heterocycles. The molecule has 156 valence electrons. The summed E-state index contributed by atoms with van der Waals surface area (Å²) in [4.78, 5) is 30.8. The number of carbonyl (C=O) groups excluding carboxylic acids is 1. The van der Waals surface area contributed by atoms with Crippen LogP contribution in [0.4, 0.5) is 0 Å². The lowest BCUT2D eigenvalue weighted by atomic mass is 10.1. The lowest BCUT2D eigenvalue weighted by Crippen LogP contribution is -2.26. The van der Waals surface area contributed by atoms with Gasteiger partial charge in [0.2, 0.25) is 5.65 Å². The number of carbonyl (C=O) groups is 1. The Morgan fingerprint density at radius 3 is 2.34 bits per heavy atom. The van der Waals surface area contributed by atoms with Crippen LogP contribution in [0.1, 0.15) is 27.0 Å². The molecule has 32 heavy (non-hydrogen) atoms. The van der Waals surface area contributed by atoms with Gasteiger partial charge in [-0.2, -0.15) is 0 Å². The summed E-state index contributed by atoms with van der Waals surface area (Å²) in [5.41, 5.74) is 5.83. The van der Waals surface area contributed by atoms with Crippen LogP contribution in [-0.2, 0) is 13.1 Å². The molecule has 0 radical (unpaired) electrons. The van der Waals surface area contributed by atoms with Crippen LogP contribution >= 0.6 is 0 Å². The SMILES string of the molecule is Cc1cc2c(cc1C(=O)N1Cc3ccccc3C1)[nH]c(=O)c1nnc(-c3ccccc3)n12. The Balaban J connectivity index is 1.50. The van der Waals surface area contributed by atoms with Gasteiger partial charge in [0.15, 0.2) is 5.82 Å². The molecule has 0 unspecified atom stereocenters.